The van der Waals surface area contributed by atoms with E-state index in [-0.39, 0.29) is 12.1 Å². The van der Waals surface area contributed by atoms with Crippen LogP contribution in [0, 0.1) is 0 Å². The number of esters is 1. The van der Waals surface area contributed by atoms with E-state index in [1.807, 2.05) is 0 Å². The maximum Gasteiger partial charge on any atom is 0.304 e. The Balaban J connectivity index is 2.35. The zero-order valence-corrected chi connectivity index (χ0v) is 7.32. The predicted octanol–water partition coefficient (Wildman–Crippen LogP) is 0.435. The van der Waals surface area contributed by atoms with E-state index in [0.717, 1.165) is 0 Å². The second-order valence-corrected chi connectivity index (χ2v) is 3.02. The van der Waals surface area contributed by atoms with E-state index < -0.39 is 12.4 Å². The van der Waals surface area contributed by atoms with Gasteiger partial charge in [-0.25, -0.2) is 0 Å². The molecule has 1 N–H and O–H groups in total. The van der Waals surface area contributed by atoms with Gasteiger partial charge in [0.05, 0.1) is 12.2 Å². The molecule has 70 valence electrons. The third-order valence-electron chi connectivity index (χ3n) is 1.90. The lowest BCUT2D eigenvalue weighted by Gasteiger charge is -2.30. The molecular formula is C8H14O4. The lowest BCUT2D eigenvalue weighted by atomic mass is 10.1. The first-order valence-electron chi connectivity index (χ1n) is 4.10. The van der Waals surface area contributed by atoms with Crippen LogP contribution in [0.15, 0.2) is 0 Å². The van der Waals surface area contributed by atoms with Crippen molar-refractivity contribution in [3.8, 4) is 0 Å². The summed E-state index contributed by atoms with van der Waals surface area (Å²) < 4.78 is 10.1. The van der Waals surface area contributed by atoms with Gasteiger partial charge in [-0.2, -0.15) is 0 Å². The monoisotopic (exact) mass is 174 g/mol. The van der Waals surface area contributed by atoms with Crippen LogP contribution in [-0.2, 0) is 14.3 Å². The molecule has 0 unspecified atom stereocenters. The average molecular weight is 174 g/mol. The first kappa shape index (κ1) is 9.48. The van der Waals surface area contributed by atoms with Gasteiger partial charge >= 0.3 is 5.97 Å². The molecule has 0 aliphatic carbocycles. The van der Waals surface area contributed by atoms with Crippen LogP contribution in [0.25, 0.3) is 0 Å². The number of rotatable bonds is 1. The van der Waals surface area contributed by atoms with Crippen LogP contribution < -0.4 is 0 Å². The molecule has 3 atom stereocenters. The third-order valence-corrected chi connectivity index (χ3v) is 1.90. The minimum absolute atomic E-state index is 0.247. The van der Waals surface area contributed by atoms with Crippen molar-refractivity contribution in [3.05, 3.63) is 0 Å². The summed E-state index contributed by atoms with van der Waals surface area (Å²) in [5.41, 5.74) is 0. The molecule has 0 amide bonds. The number of ether oxygens (including phenoxy) is 2. The Morgan fingerprint density at radius 1 is 1.58 bits per heavy atom. The first-order chi connectivity index (χ1) is 5.59. The van der Waals surface area contributed by atoms with Crippen molar-refractivity contribution in [2.45, 2.75) is 45.2 Å². The number of hydrogen-bond acceptors (Lipinski definition) is 4. The van der Waals surface area contributed by atoms with E-state index in [4.69, 9.17) is 9.47 Å². The molecule has 0 spiro atoms. The Morgan fingerprint density at radius 3 is 2.75 bits per heavy atom. The number of carbonyl (C=O) groups excluding carboxylic acids is 1. The summed E-state index contributed by atoms with van der Waals surface area (Å²) in [7, 11) is 0. The highest BCUT2D eigenvalue weighted by Crippen LogP contribution is 2.19. The van der Waals surface area contributed by atoms with E-state index >= 15 is 0 Å². The minimum Gasteiger partial charge on any atom is -0.436 e. The van der Waals surface area contributed by atoms with Gasteiger partial charge in [0.25, 0.3) is 0 Å². The van der Waals surface area contributed by atoms with Crippen molar-refractivity contribution in [3.63, 3.8) is 0 Å². The Labute approximate surface area is 71.5 Å². The standard InChI is InChI=1S/C8H14O4/c1-5-7(10)3-4-8(11-5)12-6(2)9/h5,7-8,10H,3-4H2,1-2H3/t5-,7-,8-/m0/s1. The molecule has 1 aliphatic rings. The highest BCUT2D eigenvalue weighted by molar-refractivity contribution is 5.66. The van der Waals surface area contributed by atoms with Gasteiger partial charge in [-0.3, -0.25) is 4.79 Å². The molecule has 0 aromatic rings. The molecule has 0 radical (unpaired) electrons. The summed E-state index contributed by atoms with van der Waals surface area (Å²) in [5, 5.41) is 9.26. The van der Waals surface area contributed by atoms with Crippen molar-refractivity contribution in [1.82, 2.24) is 0 Å². The zero-order valence-electron chi connectivity index (χ0n) is 7.32. The molecule has 1 saturated heterocycles. The summed E-state index contributed by atoms with van der Waals surface area (Å²) in [5.74, 6) is -0.344. The molecule has 0 bridgehead atoms. The van der Waals surface area contributed by atoms with E-state index in [1.165, 1.54) is 6.92 Å². The third kappa shape index (κ3) is 2.46. The topological polar surface area (TPSA) is 55.8 Å². The van der Waals surface area contributed by atoms with Gasteiger partial charge in [0.2, 0.25) is 6.29 Å². The summed E-state index contributed by atoms with van der Waals surface area (Å²) in [6.45, 7) is 3.11. The molecule has 1 aliphatic heterocycles. The van der Waals surface area contributed by atoms with E-state index in [1.54, 1.807) is 6.92 Å². The van der Waals surface area contributed by atoms with Gasteiger partial charge in [-0.15, -0.1) is 0 Å². The fourth-order valence-electron chi connectivity index (χ4n) is 1.21. The van der Waals surface area contributed by atoms with E-state index in [0.29, 0.717) is 12.8 Å². The van der Waals surface area contributed by atoms with Crippen molar-refractivity contribution in [2.24, 2.45) is 0 Å². The fraction of sp³-hybridized carbons (Fsp3) is 0.875. The molecule has 4 nitrogen and oxygen atoms in total. The summed E-state index contributed by atoms with van der Waals surface area (Å²) in [6, 6.07) is 0. The first-order valence-corrected chi connectivity index (χ1v) is 4.10. The maximum atomic E-state index is 10.5. The molecule has 1 fully saturated rings. The van der Waals surface area contributed by atoms with Crippen molar-refractivity contribution >= 4 is 5.97 Å². The Morgan fingerprint density at radius 2 is 2.25 bits per heavy atom. The quantitative estimate of drug-likeness (QED) is 0.586. The Kier molecular flexibility index (Phi) is 3.05. The number of aliphatic hydroxyl groups is 1. The number of hydrogen-bond donors (Lipinski definition) is 1. The normalized spacial score (nSPS) is 36.1. The van der Waals surface area contributed by atoms with Gasteiger partial charge in [0.15, 0.2) is 0 Å². The lowest BCUT2D eigenvalue weighted by Crippen LogP contribution is -2.38. The zero-order chi connectivity index (χ0) is 9.14. The SMILES string of the molecule is CC(=O)O[C@H]1CC[C@H](O)[C@H](C)O1. The second-order valence-electron chi connectivity index (χ2n) is 3.02. The molecule has 0 saturated carbocycles. The van der Waals surface area contributed by atoms with Crippen molar-refractivity contribution in [1.29, 1.82) is 0 Å². The van der Waals surface area contributed by atoms with Crippen LogP contribution in [0.1, 0.15) is 26.7 Å². The van der Waals surface area contributed by atoms with Crippen LogP contribution in [0.3, 0.4) is 0 Å². The maximum absolute atomic E-state index is 10.5. The lowest BCUT2D eigenvalue weighted by molar-refractivity contribution is -0.216. The molecule has 1 rings (SSSR count). The molecule has 4 heteroatoms. The van der Waals surface area contributed by atoms with Gasteiger partial charge in [0.1, 0.15) is 0 Å². The molecule has 0 aromatic carbocycles. The average Bonchev–Trinajstić information content (AvgIpc) is 1.96. The molecular weight excluding hydrogens is 160 g/mol. The van der Waals surface area contributed by atoms with Gasteiger partial charge in [-0.05, 0) is 13.3 Å². The Hall–Kier alpha value is -0.610. The van der Waals surface area contributed by atoms with E-state index in [9.17, 15) is 9.90 Å². The second kappa shape index (κ2) is 3.87. The van der Waals surface area contributed by atoms with Gasteiger partial charge in [0, 0.05) is 13.3 Å². The van der Waals surface area contributed by atoms with Crippen LogP contribution in [0.4, 0.5) is 0 Å². The fourth-order valence-corrected chi connectivity index (χ4v) is 1.21. The summed E-state index contributed by atoms with van der Waals surface area (Å²) in [6.07, 6.45) is 0.0466. The largest absolute Gasteiger partial charge is 0.436 e. The number of carbonyl (C=O) groups is 1. The summed E-state index contributed by atoms with van der Waals surface area (Å²) in [4.78, 5) is 10.5. The van der Waals surface area contributed by atoms with Gasteiger partial charge < -0.3 is 14.6 Å². The van der Waals surface area contributed by atoms with Crippen molar-refractivity contribution in [2.75, 3.05) is 0 Å². The predicted molar refractivity (Wildman–Crippen MR) is 41.3 cm³/mol. The van der Waals surface area contributed by atoms with Crippen molar-refractivity contribution < 1.29 is 19.4 Å². The summed E-state index contributed by atoms with van der Waals surface area (Å²) >= 11 is 0. The van der Waals surface area contributed by atoms with Crippen LogP contribution in [-0.4, -0.2) is 29.6 Å². The Bertz CT molecular complexity index is 168. The van der Waals surface area contributed by atoms with E-state index in [2.05, 4.69) is 0 Å². The number of aliphatic hydroxyl groups excluding tert-OH is 1. The smallest absolute Gasteiger partial charge is 0.304 e. The van der Waals surface area contributed by atoms with Crippen LogP contribution >= 0.6 is 0 Å². The highest BCUT2D eigenvalue weighted by atomic mass is 16.7. The van der Waals surface area contributed by atoms with Crippen LogP contribution in [0.2, 0.25) is 0 Å². The van der Waals surface area contributed by atoms with Gasteiger partial charge in [-0.1, -0.05) is 0 Å². The minimum atomic E-state index is -0.471. The van der Waals surface area contributed by atoms with Crippen LogP contribution in [0.5, 0.6) is 0 Å². The molecule has 12 heavy (non-hydrogen) atoms. The molecule has 1 heterocycles. The molecule has 0 aromatic heterocycles. The highest BCUT2D eigenvalue weighted by Gasteiger charge is 2.27.